The Morgan fingerprint density at radius 2 is 2.00 bits per heavy atom. The maximum atomic E-state index is 12.2. The monoisotopic (exact) mass is 299 g/mol. The number of carbonyl (C=O) groups excluding carboxylic acids is 1. The molecule has 0 fully saturated rings. The average Bonchev–Trinajstić information content (AvgIpc) is 2.56. The second kappa shape index (κ2) is 8.17. The highest BCUT2D eigenvalue weighted by atomic mass is 16.5. The molecule has 1 aromatic carbocycles. The summed E-state index contributed by atoms with van der Waals surface area (Å²) in [5.74, 6) is 0.375. The van der Waals surface area contributed by atoms with Crippen LogP contribution in [0.5, 0.6) is 5.75 Å². The van der Waals surface area contributed by atoms with Gasteiger partial charge in [-0.3, -0.25) is 9.78 Å². The first-order chi connectivity index (χ1) is 10.7. The summed E-state index contributed by atoms with van der Waals surface area (Å²) in [7, 11) is 1.65. The molecule has 0 saturated carbocycles. The Balaban J connectivity index is 2.11. The van der Waals surface area contributed by atoms with Gasteiger partial charge in [-0.15, -0.1) is 0 Å². The Bertz CT molecular complexity index is 598. The third kappa shape index (κ3) is 4.32. The minimum Gasteiger partial charge on any atom is -0.497 e. The molecule has 1 unspecified atom stereocenters. The summed E-state index contributed by atoms with van der Waals surface area (Å²) < 4.78 is 10.4. The lowest BCUT2D eigenvalue weighted by molar-refractivity contribution is -0.145. The molecule has 1 heterocycles. The highest BCUT2D eigenvalue weighted by Crippen LogP contribution is 2.24. The van der Waals surface area contributed by atoms with E-state index in [1.807, 2.05) is 43.3 Å². The largest absolute Gasteiger partial charge is 0.497 e. The van der Waals surface area contributed by atoms with Crippen LogP contribution in [-0.4, -0.2) is 24.7 Å². The minimum atomic E-state index is -0.269. The molecule has 4 heteroatoms. The molecule has 1 aromatic heterocycles. The Morgan fingerprint density at radius 3 is 2.68 bits per heavy atom. The SMILES string of the molecule is CCOC(=O)C(CCc1cccc(OC)c1)c1ccncc1. The summed E-state index contributed by atoms with van der Waals surface area (Å²) in [6.45, 7) is 2.21. The molecule has 0 aliphatic carbocycles. The summed E-state index contributed by atoms with van der Waals surface area (Å²) in [4.78, 5) is 16.2. The Morgan fingerprint density at radius 1 is 1.23 bits per heavy atom. The molecule has 0 bridgehead atoms. The number of benzene rings is 1. The highest BCUT2D eigenvalue weighted by molar-refractivity contribution is 5.78. The molecule has 1 atom stereocenters. The molecule has 0 amide bonds. The van der Waals surface area contributed by atoms with Gasteiger partial charge in [0.15, 0.2) is 0 Å². The molecule has 2 aromatic rings. The van der Waals surface area contributed by atoms with E-state index in [0.29, 0.717) is 13.0 Å². The zero-order valence-corrected chi connectivity index (χ0v) is 13.0. The Hall–Kier alpha value is -2.36. The first-order valence-corrected chi connectivity index (χ1v) is 7.44. The molecule has 0 aliphatic heterocycles. The Kier molecular flexibility index (Phi) is 5.95. The van der Waals surface area contributed by atoms with E-state index < -0.39 is 0 Å². The number of hydrogen-bond acceptors (Lipinski definition) is 4. The normalized spacial score (nSPS) is 11.7. The third-order valence-electron chi connectivity index (χ3n) is 3.54. The topological polar surface area (TPSA) is 48.4 Å². The second-order valence-electron chi connectivity index (χ2n) is 4.98. The number of pyridine rings is 1. The van der Waals surface area contributed by atoms with Crippen molar-refractivity contribution in [2.45, 2.75) is 25.7 Å². The van der Waals surface area contributed by atoms with Crippen LogP contribution in [0, 0.1) is 0 Å². The first kappa shape index (κ1) is 16.0. The van der Waals surface area contributed by atoms with Crippen molar-refractivity contribution < 1.29 is 14.3 Å². The fourth-order valence-electron chi connectivity index (χ4n) is 2.40. The number of rotatable bonds is 7. The van der Waals surface area contributed by atoms with Crippen LogP contribution in [0.2, 0.25) is 0 Å². The molecular formula is C18H21NO3. The lowest BCUT2D eigenvalue weighted by Gasteiger charge is -2.16. The van der Waals surface area contributed by atoms with Gasteiger partial charge in [-0.1, -0.05) is 12.1 Å². The number of aryl methyl sites for hydroxylation is 1. The van der Waals surface area contributed by atoms with Gasteiger partial charge in [-0.05, 0) is 55.2 Å². The number of carbonyl (C=O) groups is 1. The predicted molar refractivity (Wildman–Crippen MR) is 84.9 cm³/mol. The van der Waals surface area contributed by atoms with Crippen LogP contribution >= 0.6 is 0 Å². The Labute approximate surface area is 131 Å². The van der Waals surface area contributed by atoms with Crippen LogP contribution in [-0.2, 0) is 16.0 Å². The molecule has 0 saturated heterocycles. The van der Waals surface area contributed by atoms with Gasteiger partial charge < -0.3 is 9.47 Å². The maximum Gasteiger partial charge on any atom is 0.313 e. The van der Waals surface area contributed by atoms with Crippen molar-refractivity contribution in [1.29, 1.82) is 0 Å². The van der Waals surface area contributed by atoms with Gasteiger partial charge in [0.05, 0.1) is 19.6 Å². The fourth-order valence-corrected chi connectivity index (χ4v) is 2.40. The quantitative estimate of drug-likeness (QED) is 0.735. The number of esters is 1. The average molecular weight is 299 g/mol. The van der Waals surface area contributed by atoms with E-state index in [9.17, 15) is 4.79 Å². The van der Waals surface area contributed by atoms with Crippen LogP contribution in [0.4, 0.5) is 0 Å². The summed E-state index contributed by atoms with van der Waals surface area (Å²) >= 11 is 0. The molecule has 22 heavy (non-hydrogen) atoms. The number of aromatic nitrogens is 1. The van der Waals surface area contributed by atoms with E-state index in [1.54, 1.807) is 19.5 Å². The van der Waals surface area contributed by atoms with E-state index in [1.165, 1.54) is 0 Å². The van der Waals surface area contributed by atoms with E-state index >= 15 is 0 Å². The summed E-state index contributed by atoms with van der Waals surface area (Å²) in [6, 6.07) is 11.6. The van der Waals surface area contributed by atoms with E-state index in [-0.39, 0.29) is 11.9 Å². The first-order valence-electron chi connectivity index (χ1n) is 7.44. The molecular weight excluding hydrogens is 278 g/mol. The third-order valence-corrected chi connectivity index (χ3v) is 3.54. The summed E-state index contributed by atoms with van der Waals surface area (Å²) in [5.41, 5.74) is 2.08. The van der Waals surface area contributed by atoms with Crippen LogP contribution in [0.15, 0.2) is 48.8 Å². The minimum absolute atomic E-state index is 0.184. The lowest BCUT2D eigenvalue weighted by atomic mass is 9.93. The molecule has 0 spiro atoms. The molecule has 0 aliphatic rings. The van der Waals surface area contributed by atoms with Gasteiger partial charge in [-0.2, -0.15) is 0 Å². The van der Waals surface area contributed by atoms with E-state index in [4.69, 9.17) is 9.47 Å². The van der Waals surface area contributed by atoms with Crippen LogP contribution in [0.3, 0.4) is 0 Å². The number of nitrogens with zero attached hydrogens (tertiary/aromatic N) is 1. The van der Waals surface area contributed by atoms with Gasteiger partial charge in [0, 0.05) is 12.4 Å². The molecule has 2 rings (SSSR count). The van der Waals surface area contributed by atoms with Crippen LogP contribution < -0.4 is 4.74 Å². The predicted octanol–water partition coefficient (Wildman–Crippen LogP) is 3.37. The van der Waals surface area contributed by atoms with Gasteiger partial charge >= 0.3 is 5.97 Å². The van der Waals surface area contributed by atoms with Crippen molar-refractivity contribution in [3.8, 4) is 5.75 Å². The van der Waals surface area contributed by atoms with Crippen molar-refractivity contribution in [1.82, 2.24) is 4.98 Å². The lowest BCUT2D eigenvalue weighted by Crippen LogP contribution is -2.17. The second-order valence-corrected chi connectivity index (χ2v) is 4.98. The van der Waals surface area contributed by atoms with Crippen molar-refractivity contribution in [2.24, 2.45) is 0 Å². The summed E-state index contributed by atoms with van der Waals surface area (Å²) in [6.07, 6.45) is 4.87. The summed E-state index contributed by atoms with van der Waals surface area (Å²) in [5, 5.41) is 0. The van der Waals surface area contributed by atoms with Gasteiger partial charge in [0.1, 0.15) is 5.75 Å². The van der Waals surface area contributed by atoms with E-state index in [0.717, 1.165) is 23.3 Å². The zero-order valence-electron chi connectivity index (χ0n) is 13.0. The van der Waals surface area contributed by atoms with Crippen molar-refractivity contribution in [3.05, 3.63) is 59.9 Å². The van der Waals surface area contributed by atoms with Crippen molar-refractivity contribution in [3.63, 3.8) is 0 Å². The molecule has 0 radical (unpaired) electrons. The highest BCUT2D eigenvalue weighted by Gasteiger charge is 2.21. The van der Waals surface area contributed by atoms with Gasteiger partial charge in [0.25, 0.3) is 0 Å². The van der Waals surface area contributed by atoms with Crippen molar-refractivity contribution >= 4 is 5.97 Å². The smallest absolute Gasteiger partial charge is 0.313 e. The molecule has 0 N–H and O–H groups in total. The van der Waals surface area contributed by atoms with Crippen LogP contribution in [0.1, 0.15) is 30.4 Å². The molecule has 116 valence electrons. The fraction of sp³-hybridized carbons (Fsp3) is 0.333. The maximum absolute atomic E-state index is 12.2. The van der Waals surface area contributed by atoms with Crippen molar-refractivity contribution in [2.75, 3.05) is 13.7 Å². The van der Waals surface area contributed by atoms with E-state index in [2.05, 4.69) is 4.98 Å². The van der Waals surface area contributed by atoms with Gasteiger partial charge in [0.2, 0.25) is 0 Å². The van der Waals surface area contributed by atoms with Gasteiger partial charge in [-0.25, -0.2) is 0 Å². The number of ether oxygens (including phenoxy) is 2. The molecule has 4 nitrogen and oxygen atoms in total. The zero-order chi connectivity index (χ0) is 15.8. The standard InChI is InChI=1S/C18H21NO3/c1-3-22-18(20)17(15-9-11-19-12-10-15)8-7-14-5-4-6-16(13-14)21-2/h4-6,9-13,17H,3,7-8H2,1-2H3. The van der Waals surface area contributed by atoms with Crippen LogP contribution in [0.25, 0.3) is 0 Å². The number of methoxy groups -OCH3 is 1. The number of hydrogen-bond donors (Lipinski definition) is 0.